The van der Waals surface area contributed by atoms with E-state index in [1.165, 1.54) is 19.2 Å². The van der Waals surface area contributed by atoms with Gasteiger partial charge in [0, 0.05) is 38.5 Å². The van der Waals surface area contributed by atoms with Crippen LogP contribution in [0.4, 0.5) is 10.1 Å². The number of nitrogens with zero attached hydrogens (tertiary/aromatic N) is 2. The van der Waals surface area contributed by atoms with Gasteiger partial charge in [-0.3, -0.25) is 14.9 Å². The first-order valence-electron chi connectivity index (χ1n) is 12.3. The molecule has 4 atom stereocenters. The fraction of sp³-hybridized carbons (Fsp3) is 0.481. The Hall–Kier alpha value is -3.01. The molecule has 2 N–H and O–H groups in total. The standard InChI is InChI=1S/C27H35FN4O4/c1-19-16-31(12-13-32(19)23-11-7-10-22(28)14-23)24(33)21(18-36-17-20-8-5-4-6-9-20)15-27(2)25(34)29-26(30-27)35-3/h4-11,14,19,21,26,30H,12-13,15-18H2,1-3H3,(H,29,34)/t19-,21-,26?,27-/m0/s1. The van der Waals surface area contributed by atoms with Crippen LogP contribution in [0.5, 0.6) is 0 Å². The zero-order valence-electron chi connectivity index (χ0n) is 21.1. The average Bonchev–Trinajstić information content (AvgIpc) is 3.16. The molecule has 4 rings (SSSR count). The van der Waals surface area contributed by atoms with Gasteiger partial charge >= 0.3 is 0 Å². The van der Waals surface area contributed by atoms with E-state index < -0.39 is 17.8 Å². The number of nitrogens with one attached hydrogen (secondary N) is 2. The molecule has 9 heteroatoms. The quantitative estimate of drug-likeness (QED) is 0.553. The van der Waals surface area contributed by atoms with E-state index in [2.05, 4.69) is 15.5 Å². The van der Waals surface area contributed by atoms with E-state index in [0.717, 1.165) is 11.3 Å². The number of amides is 2. The summed E-state index contributed by atoms with van der Waals surface area (Å²) in [7, 11) is 1.51. The lowest BCUT2D eigenvalue weighted by Gasteiger charge is -2.42. The van der Waals surface area contributed by atoms with Gasteiger partial charge in [0.2, 0.25) is 11.8 Å². The van der Waals surface area contributed by atoms with E-state index in [1.807, 2.05) is 48.2 Å². The first-order valence-corrected chi connectivity index (χ1v) is 12.3. The Balaban J connectivity index is 1.45. The third-order valence-corrected chi connectivity index (χ3v) is 6.96. The van der Waals surface area contributed by atoms with Gasteiger partial charge in [0.05, 0.1) is 24.7 Å². The van der Waals surface area contributed by atoms with Gasteiger partial charge in [-0.25, -0.2) is 4.39 Å². The molecular formula is C27H35FN4O4. The number of anilines is 1. The second-order valence-corrected chi connectivity index (χ2v) is 9.77. The van der Waals surface area contributed by atoms with Crippen molar-refractivity contribution in [1.29, 1.82) is 0 Å². The number of carbonyl (C=O) groups excluding carboxylic acids is 2. The molecule has 2 aromatic carbocycles. The van der Waals surface area contributed by atoms with Crippen molar-refractivity contribution in [1.82, 2.24) is 15.5 Å². The van der Waals surface area contributed by atoms with Crippen molar-refractivity contribution in [3.8, 4) is 0 Å². The first kappa shape index (κ1) is 26.1. The minimum absolute atomic E-state index is 0.0109. The number of hydrogen-bond donors (Lipinski definition) is 2. The maximum absolute atomic E-state index is 13.8. The summed E-state index contributed by atoms with van der Waals surface area (Å²) >= 11 is 0. The second kappa shape index (κ2) is 11.4. The molecule has 0 saturated carbocycles. The molecule has 2 heterocycles. The van der Waals surface area contributed by atoms with Crippen molar-refractivity contribution < 1.29 is 23.5 Å². The number of methoxy groups -OCH3 is 1. The molecule has 0 bridgehead atoms. The Morgan fingerprint density at radius 3 is 2.64 bits per heavy atom. The van der Waals surface area contributed by atoms with E-state index in [9.17, 15) is 14.0 Å². The first-order chi connectivity index (χ1) is 17.3. The van der Waals surface area contributed by atoms with Gasteiger partial charge in [0.25, 0.3) is 0 Å². The van der Waals surface area contributed by atoms with E-state index in [-0.39, 0.29) is 36.7 Å². The van der Waals surface area contributed by atoms with Crippen LogP contribution in [-0.2, 0) is 25.7 Å². The third kappa shape index (κ3) is 6.03. The molecule has 2 saturated heterocycles. The largest absolute Gasteiger partial charge is 0.376 e. The number of ether oxygens (including phenoxy) is 2. The lowest BCUT2D eigenvalue weighted by Crippen LogP contribution is -2.56. The van der Waals surface area contributed by atoms with Crippen LogP contribution in [0.1, 0.15) is 25.8 Å². The van der Waals surface area contributed by atoms with Gasteiger partial charge in [-0.1, -0.05) is 36.4 Å². The molecule has 8 nitrogen and oxygen atoms in total. The highest BCUT2D eigenvalue weighted by atomic mass is 19.1. The van der Waals surface area contributed by atoms with Crippen molar-refractivity contribution in [3.05, 3.63) is 66.0 Å². The van der Waals surface area contributed by atoms with Crippen molar-refractivity contribution in [2.45, 2.75) is 44.8 Å². The summed E-state index contributed by atoms with van der Waals surface area (Å²) in [6.45, 7) is 5.98. The summed E-state index contributed by atoms with van der Waals surface area (Å²) in [5, 5.41) is 5.91. The molecule has 2 fully saturated rings. The highest BCUT2D eigenvalue weighted by molar-refractivity contribution is 5.89. The number of piperazine rings is 1. The number of carbonyl (C=O) groups is 2. The molecule has 0 radical (unpaired) electrons. The summed E-state index contributed by atoms with van der Waals surface area (Å²) in [5.74, 6) is -1.07. The van der Waals surface area contributed by atoms with Gasteiger partial charge in [-0.05, 0) is 44.0 Å². The normalized spacial score (nSPS) is 25.1. The third-order valence-electron chi connectivity index (χ3n) is 6.96. The van der Waals surface area contributed by atoms with Gasteiger partial charge in [-0.2, -0.15) is 0 Å². The van der Waals surface area contributed by atoms with E-state index in [4.69, 9.17) is 9.47 Å². The minimum atomic E-state index is -0.966. The van der Waals surface area contributed by atoms with Crippen molar-refractivity contribution in [2.24, 2.45) is 5.92 Å². The zero-order chi connectivity index (χ0) is 25.7. The van der Waals surface area contributed by atoms with Crippen molar-refractivity contribution in [3.63, 3.8) is 0 Å². The van der Waals surface area contributed by atoms with E-state index in [0.29, 0.717) is 26.2 Å². The summed E-state index contributed by atoms with van der Waals surface area (Å²) in [5.41, 5.74) is 0.859. The summed E-state index contributed by atoms with van der Waals surface area (Å²) in [4.78, 5) is 30.4. The molecule has 0 aliphatic carbocycles. The molecule has 2 amide bonds. The molecule has 2 aliphatic rings. The van der Waals surface area contributed by atoms with E-state index >= 15 is 0 Å². The van der Waals surface area contributed by atoms with Crippen LogP contribution in [-0.4, -0.2) is 68.0 Å². The maximum Gasteiger partial charge on any atom is 0.243 e. The highest BCUT2D eigenvalue weighted by Crippen LogP contribution is 2.27. The van der Waals surface area contributed by atoms with Crippen LogP contribution >= 0.6 is 0 Å². The van der Waals surface area contributed by atoms with Crippen LogP contribution in [0.2, 0.25) is 0 Å². The average molecular weight is 499 g/mol. The predicted molar refractivity (Wildman–Crippen MR) is 134 cm³/mol. The summed E-state index contributed by atoms with van der Waals surface area (Å²) in [6.07, 6.45) is -0.330. The lowest BCUT2D eigenvalue weighted by molar-refractivity contribution is -0.140. The Bertz CT molecular complexity index is 1060. The number of hydrogen-bond acceptors (Lipinski definition) is 6. The van der Waals surface area contributed by atoms with Crippen LogP contribution in [0.3, 0.4) is 0 Å². The monoisotopic (exact) mass is 498 g/mol. The van der Waals surface area contributed by atoms with Crippen molar-refractivity contribution >= 4 is 17.5 Å². The van der Waals surface area contributed by atoms with Gasteiger partial charge < -0.3 is 24.6 Å². The molecular weight excluding hydrogens is 463 g/mol. The second-order valence-electron chi connectivity index (χ2n) is 9.77. The molecule has 2 aromatic rings. The van der Waals surface area contributed by atoms with Crippen LogP contribution < -0.4 is 15.5 Å². The Kier molecular flexibility index (Phi) is 8.23. The number of rotatable bonds is 9. The number of halogens is 1. The van der Waals surface area contributed by atoms with Crippen LogP contribution in [0, 0.1) is 11.7 Å². The molecule has 0 spiro atoms. The SMILES string of the molecule is COC1NC(=O)[C@](C)(C[C@@H](COCc2ccccc2)C(=O)N2CCN(c3cccc(F)c3)[C@@H](C)C2)N1. The minimum Gasteiger partial charge on any atom is -0.376 e. The molecule has 0 aromatic heterocycles. The van der Waals surface area contributed by atoms with Gasteiger partial charge in [-0.15, -0.1) is 0 Å². The topological polar surface area (TPSA) is 83.1 Å². The zero-order valence-corrected chi connectivity index (χ0v) is 21.1. The van der Waals surface area contributed by atoms with Crippen LogP contribution in [0.15, 0.2) is 54.6 Å². The highest BCUT2D eigenvalue weighted by Gasteiger charge is 2.46. The fourth-order valence-corrected chi connectivity index (χ4v) is 5.00. The Labute approximate surface area is 211 Å². The Morgan fingerprint density at radius 1 is 1.19 bits per heavy atom. The Morgan fingerprint density at radius 2 is 1.97 bits per heavy atom. The summed E-state index contributed by atoms with van der Waals surface area (Å²) in [6, 6.07) is 16.3. The van der Waals surface area contributed by atoms with Gasteiger partial charge in [0.15, 0.2) is 6.35 Å². The molecule has 36 heavy (non-hydrogen) atoms. The van der Waals surface area contributed by atoms with Crippen LogP contribution in [0.25, 0.3) is 0 Å². The van der Waals surface area contributed by atoms with Gasteiger partial charge in [0.1, 0.15) is 5.82 Å². The fourth-order valence-electron chi connectivity index (χ4n) is 5.00. The molecule has 2 aliphatic heterocycles. The molecule has 194 valence electrons. The molecule has 1 unspecified atom stereocenters. The predicted octanol–water partition coefficient (Wildman–Crippen LogP) is 2.49. The lowest BCUT2D eigenvalue weighted by atomic mass is 9.88. The number of benzene rings is 2. The smallest absolute Gasteiger partial charge is 0.243 e. The maximum atomic E-state index is 13.8. The van der Waals surface area contributed by atoms with Crippen molar-refractivity contribution in [2.75, 3.05) is 38.3 Å². The van der Waals surface area contributed by atoms with E-state index in [1.54, 1.807) is 13.0 Å². The summed E-state index contributed by atoms with van der Waals surface area (Å²) < 4.78 is 25.0.